The molecule has 1 aromatic carbocycles. The summed E-state index contributed by atoms with van der Waals surface area (Å²) < 4.78 is 2.43. The molecule has 0 bridgehead atoms. The van der Waals surface area contributed by atoms with Crippen molar-refractivity contribution in [2.45, 2.75) is 0 Å². The summed E-state index contributed by atoms with van der Waals surface area (Å²) in [5.41, 5.74) is 8.36. The molecule has 0 unspecified atom stereocenters. The lowest BCUT2D eigenvalue weighted by atomic mass is 10.1. The molecule has 0 fully saturated rings. The first-order chi connectivity index (χ1) is 6.68. The first kappa shape index (κ1) is 9.21. The molecule has 2 N–H and O–H groups in total. The van der Waals surface area contributed by atoms with Crippen LogP contribution in [-0.2, 0) is 7.05 Å². The molecule has 1 heterocycles. The summed E-state index contributed by atoms with van der Waals surface area (Å²) in [6, 6.07) is 7.62. The zero-order valence-electron chi connectivity index (χ0n) is 7.61. The summed E-state index contributed by atoms with van der Waals surface area (Å²) in [6.07, 6.45) is 0. The van der Waals surface area contributed by atoms with Crippen LogP contribution in [0.2, 0.25) is 0 Å². The lowest BCUT2D eigenvalue weighted by Gasteiger charge is -2.02. The van der Waals surface area contributed by atoms with Gasteiger partial charge in [0, 0.05) is 18.3 Å². The largest absolute Gasteiger partial charge is 0.399 e. The predicted octanol–water partition coefficient (Wildman–Crippen LogP) is 1.83. The van der Waals surface area contributed by atoms with Crippen molar-refractivity contribution in [3.8, 4) is 11.3 Å². The standard InChI is InChI=1S/C9H9BrN4/c1-14-8(9(10)12-13-14)6-3-2-4-7(11)5-6/h2-5H,11H2,1H3. The second-order valence-corrected chi connectivity index (χ2v) is 3.73. The van der Waals surface area contributed by atoms with Gasteiger partial charge in [-0.05, 0) is 28.1 Å². The molecule has 0 aliphatic carbocycles. The Hall–Kier alpha value is -1.36. The van der Waals surface area contributed by atoms with E-state index in [9.17, 15) is 0 Å². The lowest BCUT2D eigenvalue weighted by Crippen LogP contribution is -1.94. The Labute approximate surface area is 89.9 Å². The van der Waals surface area contributed by atoms with E-state index in [2.05, 4.69) is 26.2 Å². The van der Waals surface area contributed by atoms with Gasteiger partial charge in [-0.3, -0.25) is 0 Å². The number of nitrogens with zero attached hydrogens (tertiary/aromatic N) is 3. The second-order valence-electron chi connectivity index (χ2n) is 2.98. The molecule has 2 aromatic rings. The zero-order chi connectivity index (χ0) is 10.1. The summed E-state index contributed by atoms with van der Waals surface area (Å²) >= 11 is 3.34. The van der Waals surface area contributed by atoms with Crippen molar-refractivity contribution in [1.82, 2.24) is 15.0 Å². The minimum absolute atomic E-state index is 0.727. The number of halogens is 1. The number of nitrogens with two attached hydrogens (primary N) is 1. The molecular formula is C9H9BrN4. The van der Waals surface area contributed by atoms with Gasteiger partial charge in [0.2, 0.25) is 0 Å². The number of aromatic nitrogens is 3. The van der Waals surface area contributed by atoms with Crippen molar-refractivity contribution in [1.29, 1.82) is 0 Å². The van der Waals surface area contributed by atoms with E-state index in [-0.39, 0.29) is 0 Å². The highest BCUT2D eigenvalue weighted by atomic mass is 79.9. The van der Waals surface area contributed by atoms with Gasteiger partial charge in [0.25, 0.3) is 0 Å². The molecule has 0 saturated heterocycles. The third-order valence-electron chi connectivity index (χ3n) is 1.95. The van der Waals surface area contributed by atoms with Gasteiger partial charge >= 0.3 is 0 Å². The van der Waals surface area contributed by atoms with Crippen molar-refractivity contribution in [3.05, 3.63) is 28.9 Å². The van der Waals surface area contributed by atoms with Gasteiger partial charge in [0.05, 0.1) is 0 Å². The molecule has 4 nitrogen and oxygen atoms in total. The first-order valence-electron chi connectivity index (χ1n) is 4.09. The van der Waals surface area contributed by atoms with Crippen molar-refractivity contribution >= 4 is 21.6 Å². The smallest absolute Gasteiger partial charge is 0.156 e. The Bertz CT molecular complexity index is 444. The van der Waals surface area contributed by atoms with Crippen molar-refractivity contribution in [2.75, 3.05) is 5.73 Å². The topological polar surface area (TPSA) is 56.7 Å². The fourth-order valence-electron chi connectivity index (χ4n) is 1.32. The quantitative estimate of drug-likeness (QED) is 0.789. The van der Waals surface area contributed by atoms with Crippen LogP contribution in [0.1, 0.15) is 0 Å². The highest BCUT2D eigenvalue weighted by Gasteiger charge is 2.09. The van der Waals surface area contributed by atoms with E-state index in [0.29, 0.717) is 0 Å². The summed E-state index contributed by atoms with van der Waals surface area (Å²) in [5, 5.41) is 7.81. The number of hydrogen-bond acceptors (Lipinski definition) is 3. The molecule has 0 radical (unpaired) electrons. The van der Waals surface area contributed by atoms with E-state index >= 15 is 0 Å². The molecule has 1 aromatic heterocycles. The monoisotopic (exact) mass is 252 g/mol. The highest BCUT2D eigenvalue weighted by molar-refractivity contribution is 9.10. The molecule has 0 atom stereocenters. The third-order valence-corrected chi connectivity index (χ3v) is 2.48. The molecule has 0 aliphatic heterocycles. The summed E-state index contributed by atoms with van der Waals surface area (Å²) in [6.45, 7) is 0. The molecule has 0 aliphatic rings. The first-order valence-corrected chi connectivity index (χ1v) is 4.89. The van der Waals surface area contributed by atoms with Gasteiger partial charge in [-0.25, -0.2) is 4.68 Å². The van der Waals surface area contributed by atoms with Crippen LogP contribution in [0.25, 0.3) is 11.3 Å². The summed E-state index contributed by atoms with van der Waals surface area (Å²) in [7, 11) is 1.84. The Morgan fingerprint density at radius 1 is 1.43 bits per heavy atom. The molecule has 5 heteroatoms. The van der Waals surface area contributed by atoms with Crippen molar-refractivity contribution < 1.29 is 0 Å². The van der Waals surface area contributed by atoms with E-state index in [1.165, 1.54) is 0 Å². The maximum absolute atomic E-state index is 5.70. The van der Waals surface area contributed by atoms with E-state index in [4.69, 9.17) is 5.73 Å². The van der Waals surface area contributed by atoms with Gasteiger partial charge in [-0.15, -0.1) is 5.10 Å². The maximum Gasteiger partial charge on any atom is 0.156 e. The van der Waals surface area contributed by atoms with Crippen molar-refractivity contribution in [3.63, 3.8) is 0 Å². The van der Waals surface area contributed by atoms with Gasteiger partial charge in [0.15, 0.2) is 4.60 Å². The van der Waals surface area contributed by atoms with Crippen LogP contribution >= 0.6 is 15.9 Å². The molecule has 0 saturated carbocycles. The fourth-order valence-corrected chi connectivity index (χ4v) is 1.88. The number of aryl methyl sites for hydroxylation is 1. The summed E-state index contributed by atoms with van der Waals surface area (Å²) in [4.78, 5) is 0. The van der Waals surface area contributed by atoms with Crippen LogP contribution in [0, 0.1) is 0 Å². The van der Waals surface area contributed by atoms with Gasteiger partial charge in [-0.2, -0.15) is 0 Å². The zero-order valence-corrected chi connectivity index (χ0v) is 9.19. The van der Waals surface area contributed by atoms with Gasteiger partial charge < -0.3 is 5.73 Å². The minimum atomic E-state index is 0.727. The van der Waals surface area contributed by atoms with E-state index in [1.807, 2.05) is 31.3 Å². The SMILES string of the molecule is Cn1nnc(Br)c1-c1cccc(N)c1. The number of hydrogen-bond donors (Lipinski definition) is 1. The van der Waals surface area contributed by atoms with E-state index in [0.717, 1.165) is 21.5 Å². The maximum atomic E-state index is 5.70. The number of rotatable bonds is 1. The summed E-state index contributed by atoms with van der Waals surface area (Å²) in [5.74, 6) is 0. The number of benzene rings is 1. The molecule has 0 amide bonds. The number of anilines is 1. The predicted molar refractivity (Wildman–Crippen MR) is 58.6 cm³/mol. The third kappa shape index (κ3) is 1.50. The van der Waals surface area contributed by atoms with Crippen LogP contribution < -0.4 is 5.73 Å². The average Bonchev–Trinajstić information content (AvgIpc) is 2.46. The normalized spacial score (nSPS) is 10.4. The van der Waals surface area contributed by atoms with Gasteiger partial charge in [0.1, 0.15) is 5.69 Å². The Morgan fingerprint density at radius 3 is 2.79 bits per heavy atom. The van der Waals surface area contributed by atoms with Crippen molar-refractivity contribution in [2.24, 2.45) is 7.05 Å². The minimum Gasteiger partial charge on any atom is -0.399 e. The number of nitrogen functional groups attached to an aromatic ring is 1. The molecule has 0 spiro atoms. The second kappa shape index (κ2) is 3.42. The van der Waals surface area contributed by atoms with Crippen LogP contribution in [0.3, 0.4) is 0 Å². The van der Waals surface area contributed by atoms with Crippen LogP contribution in [0.5, 0.6) is 0 Å². The molecule has 72 valence electrons. The Morgan fingerprint density at radius 2 is 2.21 bits per heavy atom. The van der Waals surface area contributed by atoms with Crippen LogP contribution in [0.4, 0.5) is 5.69 Å². The molecular weight excluding hydrogens is 244 g/mol. The molecule has 2 rings (SSSR count). The van der Waals surface area contributed by atoms with Crippen LogP contribution in [0.15, 0.2) is 28.9 Å². The molecule has 14 heavy (non-hydrogen) atoms. The van der Waals surface area contributed by atoms with Crippen LogP contribution in [-0.4, -0.2) is 15.0 Å². The average molecular weight is 253 g/mol. The lowest BCUT2D eigenvalue weighted by molar-refractivity contribution is 0.720. The van der Waals surface area contributed by atoms with Gasteiger partial charge in [-0.1, -0.05) is 17.3 Å². The van der Waals surface area contributed by atoms with E-state index < -0.39 is 0 Å². The van der Waals surface area contributed by atoms with E-state index in [1.54, 1.807) is 4.68 Å². The fraction of sp³-hybridized carbons (Fsp3) is 0.111. The Balaban J connectivity index is 2.59. The highest BCUT2D eigenvalue weighted by Crippen LogP contribution is 2.26. The Kier molecular flexibility index (Phi) is 2.25.